The molecule has 33 heavy (non-hydrogen) atoms. The molecule has 0 fully saturated rings. The Kier molecular flexibility index (Phi) is 8.06. The lowest BCUT2D eigenvalue weighted by Gasteiger charge is -2.19. The minimum Gasteiger partial charge on any atom is -0.497 e. The quantitative estimate of drug-likeness (QED) is 0.454. The van der Waals surface area contributed by atoms with Gasteiger partial charge in [-0.1, -0.05) is 30.6 Å². The normalized spacial score (nSPS) is 11.5. The number of aromatic nitrogens is 2. The molecule has 0 radical (unpaired) electrons. The maximum atomic E-state index is 12.8. The highest BCUT2D eigenvalue weighted by atomic mass is 35.5. The van der Waals surface area contributed by atoms with Crippen LogP contribution in [0.5, 0.6) is 5.75 Å². The Hall–Kier alpha value is -2.95. The standard InChI is InChI=1S/C22H25ClN4O5S/c1-4-27(5-2)33(29,30)19-14-16(8-11-18(19)23)24-20(28)12-13-21-25-22(26-32-21)15-6-9-17(31-3)10-7-15/h6-11,14H,4-5,12-13H2,1-3H3,(H,24,28). The van der Waals surface area contributed by atoms with Crippen molar-refractivity contribution in [1.29, 1.82) is 0 Å². The van der Waals surface area contributed by atoms with Crippen molar-refractivity contribution in [2.24, 2.45) is 0 Å². The third-order valence-electron chi connectivity index (χ3n) is 4.92. The third-order valence-corrected chi connectivity index (χ3v) is 7.45. The van der Waals surface area contributed by atoms with E-state index in [4.69, 9.17) is 20.9 Å². The van der Waals surface area contributed by atoms with Gasteiger partial charge >= 0.3 is 0 Å². The maximum absolute atomic E-state index is 12.8. The zero-order valence-electron chi connectivity index (χ0n) is 18.5. The van der Waals surface area contributed by atoms with Crippen molar-refractivity contribution < 1.29 is 22.5 Å². The van der Waals surface area contributed by atoms with E-state index in [1.54, 1.807) is 39.2 Å². The van der Waals surface area contributed by atoms with Gasteiger partial charge in [-0.2, -0.15) is 9.29 Å². The van der Waals surface area contributed by atoms with E-state index in [1.165, 1.54) is 16.4 Å². The Bertz CT molecular complexity index is 1210. The Morgan fingerprint density at radius 1 is 1.15 bits per heavy atom. The van der Waals surface area contributed by atoms with Gasteiger partial charge in [-0.15, -0.1) is 0 Å². The molecule has 0 atom stereocenters. The van der Waals surface area contributed by atoms with Crippen LogP contribution in [-0.2, 0) is 21.2 Å². The van der Waals surface area contributed by atoms with Crippen molar-refractivity contribution in [2.45, 2.75) is 31.6 Å². The summed E-state index contributed by atoms with van der Waals surface area (Å²) in [5, 5.41) is 6.73. The molecular weight excluding hydrogens is 468 g/mol. The number of nitrogens with one attached hydrogen (secondary N) is 1. The average Bonchev–Trinajstić information content (AvgIpc) is 3.28. The highest BCUT2D eigenvalue weighted by Crippen LogP contribution is 2.28. The summed E-state index contributed by atoms with van der Waals surface area (Å²) in [4.78, 5) is 16.7. The summed E-state index contributed by atoms with van der Waals surface area (Å²) in [5.41, 5.74) is 1.10. The molecule has 0 aliphatic rings. The van der Waals surface area contributed by atoms with Crippen LogP contribution in [0.4, 0.5) is 5.69 Å². The molecule has 3 rings (SSSR count). The van der Waals surface area contributed by atoms with E-state index in [0.29, 0.717) is 30.5 Å². The van der Waals surface area contributed by atoms with Gasteiger partial charge in [0, 0.05) is 37.2 Å². The van der Waals surface area contributed by atoms with Crippen LogP contribution >= 0.6 is 11.6 Å². The van der Waals surface area contributed by atoms with Gasteiger partial charge in [-0.25, -0.2) is 8.42 Å². The number of rotatable bonds is 10. The van der Waals surface area contributed by atoms with Crippen LogP contribution in [0.15, 0.2) is 51.9 Å². The lowest BCUT2D eigenvalue weighted by molar-refractivity contribution is -0.116. The van der Waals surface area contributed by atoms with Crippen LogP contribution in [0, 0.1) is 0 Å². The second kappa shape index (κ2) is 10.8. The Balaban J connectivity index is 1.64. The van der Waals surface area contributed by atoms with Gasteiger partial charge in [-0.05, 0) is 42.5 Å². The van der Waals surface area contributed by atoms with Crippen molar-refractivity contribution in [2.75, 3.05) is 25.5 Å². The lowest BCUT2D eigenvalue weighted by Crippen LogP contribution is -2.30. The molecule has 1 amide bonds. The third kappa shape index (κ3) is 5.89. The summed E-state index contributed by atoms with van der Waals surface area (Å²) in [6.45, 7) is 4.12. The van der Waals surface area contributed by atoms with E-state index in [-0.39, 0.29) is 28.7 Å². The number of carbonyl (C=O) groups excluding carboxylic acids is 1. The molecule has 1 N–H and O–H groups in total. The second-order valence-corrected chi connectivity index (χ2v) is 9.34. The highest BCUT2D eigenvalue weighted by Gasteiger charge is 2.25. The Morgan fingerprint density at radius 3 is 2.48 bits per heavy atom. The molecule has 0 bridgehead atoms. The number of hydrogen-bond donors (Lipinski definition) is 1. The molecule has 3 aromatic rings. The molecule has 1 aromatic heterocycles. The molecule has 0 unspecified atom stereocenters. The molecule has 9 nitrogen and oxygen atoms in total. The van der Waals surface area contributed by atoms with Gasteiger partial charge in [-0.3, -0.25) is 4.79 Å². The van der Waals surface area contributed by atoms with E-state index < -0.39 is 10.0 Å². The van der Waals surface area contributed by atoms with Gasteiger partial charge < -0.3 is 14.6 Å². The molecule has 0 saturated carbocycles. The van der Waals surface area contributed by atoms with E-state index in [1.807, 2.05) is 12.1 Å². The van der Waals surface area contributed by atoms with Gasteiger partial charge in [0.2, 0.25) is 27.6 Å². The first-order valence-electron chi connectivity index (χ1n) is 10.3. The zero-order chi connectivity index (χ0) is 24.0. The van der Waals surface area contributed by atoms with Crippen LogP contribution in [0.3, 0.4) is 0 Å². The monoisotopic (exact) mass is 492 g/mol. The number of carbonyl (C=O) groups is 1. The molecule has 0 aliphatic carbocycles. The lowest BCUT2D eigenvalue weighted by atomic mass is 10.2. The van der Waals surface area contributed by atoms with E-state index in [9.17, 15) is 13.2 Å². The van der Waals surface area contributed by atoms with E-state index in [0.717, 1.165) is 11.3 Å². The fraction of sp³-hybridized carbons (Fsp3) is 0.318. The number of nitrogens with zero attached hydrogens (tertiary/aromatic N) is 3. The number of ether oxygens (including phenoxy) is 1. The summed E-state index contributed by atoms with van der Waals surface area (Å²) < 4.78 is 37.3. The van der Waals surface area contributed by atoms with Gasteiger partial charge in [0.1, 0.15) is 10.6 Å². The topological polar surface area (TPSA) is 115 Å². The predicted molar refractivity (Wildman–Crippen MR) is 125 cm³/mol. The Labute approximate surface area is 197 Å². The molecule has 1 heterocycles. The van der Waals surface area contributed by atoms with Crippen LogP contribution in [0.25, 0.3) is 11.4 Å². The zero-order valence-corrected chi connectivity index (χ0v) is 20.1. The molecule has 11 heteroatoms. The van der Waals surface area contributed by atoms with Crippen molar-refractivity contribution in [3.8, 4) is 17.1 Å². The number of sulfonamides is 1. The number of aryl methyl sites for hydroxylation is 1. The van der Waals surface area contributed by atoms with Crippen LogP contribution < -0.4 is 10.1 Å². The number of anilines is 1. The van der Waals surface area contributed by atoms with Gasteiger partial charge in [0.15, 0.2) is 0 Å². The Morgan fingerprint density at radius 2 is 1.85 bits per heavy atom. The minimum absolute atomic E-state index is 0.0494. The first kappa shape index (κ1) is 24.7. The number of hydrogen-bond acceptors (Lipinski definition) is 7. The molecule has 2 aromatic carbocycles. The first-order chi connectivity index (χ1) is 15.8. The molecule has 0 aliphatic heterocycles. The number of amides is 1. The minimum atomic E-state index is -3.76. The number of methoxy groups -OCH3 is 1. The van der Waals surface area contributed by atoms with Crippen molar-refractivity contribution in [1.82, 2.24) is 14.4 Å². The van der Waals surface area contributed by atoms with Crippen molar-refractivity contribution in [3.63, 3.8) is 0 Å². The molecule has 176 valence electrons. The predicted octanol–water partition coefficient (Wildman–Crippen LogP) is 4.00. The van der Waals surface area contributed by atoms with Gasteiger partial charge in [0.05, 0.1) is 12.1 Å². The van der Waals surface area contributed by atoms with Crippen LogP contribution in [-0.4, -0.2) is 49.0 Å². The van der Waals surface area contributed by atoms with Crippen LogP contribution in [0.1, 0.15) is 26.2 Å². The molecule has 0 saturated heterocycles. The number of benzene rings is 2. The van der Waals surface area contributed by atoms with Crippen molar-refractivity contribution >= 4 is 33.2 Å². The SMILES string of the molecule is CCN(CC)S(=O)(=O)c1cc(NC(=O)CCc2nc(-c3ccc(OC)cc3)no2)ccc1Cl. The fourth-order valence-corrected chi connectivity index (χ4v) is 5.10. The summed E-state index contributed by atoms with van der Waals surface area (Å²) in [5.74, 6) is 1.12. The summed E-state index contributed by atoms with van der Waals surface area (Å²) in [7, 11) is -2.18. The second-order valence-electron chi connectivity index (χ2n) is 7.02. The molecule has 0 spiro atoms. The molecular formula is C22H25ClN4O5S. The summed E-state index contributed by atoms with van der Waals surface area (Å²) in [6, 6.07) is 11.6. The summed E-state index contributed by atoms with van der Waals surface area (Å²) in [6.07, 6.45) is 0.304. The highest BCUT2D eigenvalue weighted by molar-refractivity contribution is 7.89. The van der Waals surface area contributed by atoms with Gasteiger partial charge in [0.25, 0.3) is 0 Å². The smallest absolute Gasteiger partial charge is 0.244 e. The van der Waals surface area contributed by atoms with Crippen molar-refractivity contribution in [3.05, 3.63) is 53.4 Å². The number of halogens is 1. The first-order valence-corrected chi connectivity index (χ1v) is 12.2. The average molecular weight is 493 g/mol. The maximum Gasteiger partial charge on any atom is 0.244 e. The largest absolute Gasteiger partial charge is 0.497 e. The van der Waals surface area contributed by atoms with Crippen LogP contribution in [0.2, 0.25) is 5.02 Å². The fourth-order valence-electron chi connectivity index (χ4n) is 3.14. The summed E-state index contributed by atoms with van der Waals surface area (Å²) >= 11 is 6.13. The van der Waals surface area contributed by atoms with E-state index >= 15 is 0 Å². The van der Waals surface area contributed by atoms with E-state index in [2.05, 4.69) is 15.5 Å².